The highest BCUT2D eigenvalue weighted by atomic mass is 35.5. The minimum atomic E-state index is -0.129. The first-order valence-electron chi connectivity index (χ1n) is 7.37. The molecule has 0 amide bonds. The number of halogens is 1. The van der Waals surface area contributed by atoms with Crippen molar-refractivity contribution < 1.29 is 0 Å². The number of benzene rings is 1. The summed E-state index contributed by atoms with van der Waals surface area (Å²) in [5.74, 6) is 0.560. The van der Waals surface area contributed by atoms with Crippen LogP contribution in [0.2, 0.25) is 5.15 Å². The van der Waals surface area contributed by atoms with Gasteiger partial charge >= 0.3 is 0 Å². The van der Waals surface area contributed by atoms with Crippen LogP contribution in [0.3, 0.4) is 0 Å². The molecule has 0 aliphatic rings. The second-order valence-electron chi connectivity index (χ2n) is 4.95. The Hall–Kier alpha value is -1.29. The number of rotatable bonds is 1. The summed E-state index contributed by atoms with van der Waals surface area (Å²) in [6.45, 7) is 14.1. The van der Waals surface area contributed by atoms with Crippen molar-refractivity contribution in [2.24, 2.45) is 0 Å². The summed E-state index contributed by atoms with van der Waals surface area (Å²) in [7, 11) is 5.87. The Labute approximate surface area is 134 Å². The number of aromatic nitrogens is 2. The normalized spacial score (nSPS) is 10.1. The van der Waals surface area contributed by atoms with Gasteiger partial charge in [0.2, 0.25) is 0 Å². The molecule has 5 heteroatoms. The van der Waals surface area contributed by atoms with E-state index in [2.05, 4.69) is 15.3 Å². The average molecular weight is 306 g/mol. The maximum absolute atomic E-state index is 6.08. The van der Waals surface area contributed by atoms with Crippen molar-refractivity contribution in [3.8, 4) is 0 Å². The zero-order chi connectivity index (χ0) is 16.6. The third kappa shape index (κ3) is 5.92. The highest BCUT2D eigenvalue weighted by Gasteiger charge is 2.14. The number of para-hydroxylation sites is 1. The Morgan fingerprint density at radius 3 is 2.14 bits per heavy atom. The van der Waals surface area contributed by atoms with E-state index in [1.807, 2.05) is 60.6 Å². The molecule has 21 heavy (non-hydrogen) atoms. The molecule has 2 aromatic rings. The summed E-state index contributed by atoms with van der Waals surface area (Å²) in [6, 6.07) is 5.47. The third-order valence-electron chi connectivity index (χ3n) is 2.18. The molecule has 3 nitrogen and oxygen atoms in total. The van der Waals surface area contributed by atoms with Gasteiger partial charge in [-0.1, -0.05) is 56.9 Å². The number of nitrogens with one attached hydrogen (secondary N) is 1. The molecule has 114 valence electrons. The average Bonchev–Trinajstić information content (AvgIpc) is 2.44. The first kappa shape index (κ1) is 19.7. The zero-order valence-electron chi connectivity index (χ0n) is 14.1. The Morgan fingerprint density at radius 1 is 1.05 bits per heavy atom. The fourth-order valence-electron chi connectivity index (χ4n) is 1.51. The van der Waals surface area contributed by atoms with Crippen molar-refractivity contribution in [1.29, 1.82) is 0 Å². The van der Waals surface area contributed by atoms with Crippen LogP contribution >= 0.6 is 11.6 Å². The predicted octanol–water partition coefficient (Wildman–Crippen LogP) is 4.34. The second kappa shape index (κ2) is 8.88. The van der Waals surface area contributed by atoms with Gasteiger partial charge in [0.15, 0.2) is 11.0 Å². The molecule has 2 rings (SSSR count). The van der Waals surface area contributed by atoms with Gasteiger partial charge in [0, 0.05) is 5.54 Å². The van der Waals surface area contributed by atoms with Crippen LogP contribution in [0.15, 0.2) is 18.2 Å². The SMILES string of the molecule is CC.CC.[B]c1cccc2nc(Cl)c(NC(C)(C)C)nc12. The Kier molecular flexibility index (Phi) is 8.34. The van der Waals surface area contributed by atoms with Crippen molar-refractivity contribution in [1.82, 2.24) is 9.97 Å². The minimum absolute atomic E-state index is 0.129. The lowest BCUT2D eigenvalue weighted by Gasteiger charge is -2.22. The molecule has 2 radical (unpaired) electrons. The van der Waals surface area contributed by atoms with Crippen molar-refractivity contribution in [2.45, 2.75) is 54.0 Å². The van der Waals surface area contributed by atoms with Crippen LogP contribution in [-0.4, -0.2) is 23.4 Å². The molecule has 1 heterocycles. The van der Waals surface area contributed by atoms with Crippen molar-refractivity contribution in [2.75, 3.05) is 5.32 Å². The number of nitrogens with zero attached hydrogens (tertiary/aromatic N) is 2. The standard InChI is InChI=1S/C12H13BClN3.2C2H6/c1-12(2,3)17-11-10(14)15-8-6-4-5-7(13)9(8)16-11;2*1-2/h4-6H,1-3H3,(H,16,17);2*1-2H3. The minimum Gasteiger partial charge on any atom is -0.363 e. The van der Waals surface area contributed by atoms with E-state index in [-0.39, 0.29) is 5.54 Å². The van der Waals surface area contributed by atoms with Crippen LogP contribution in [0, 0.1) is 0 Å². The van der Waals surface area contributed by atoms with E-state index in [4.69, 9.17) is 19.4 Å². The van der Waals surface area contributed by atoms with E-state index in [0.717, 1.165) is 0 Å². The van der Waals surface area contributed by atoms with Gasteiger partial charge in [-0.15, -0.1) is 0 Å². The van der Waals surface area contributed by atoms with E-state index in [1.165, 1.54) is 0 Å². The predicted molar refractivity (Wildman–Crippen MR) is 96.0 cm³/mol. The maximum Gasteiger partial charge on any atom is 0.172 e. The van der Waals surface area contributed by atoms with E-state index < -0.39 is 0 Å². The van der Waals surface area contributed by atoms with E-state index in [1.54, 1.807) is 6.07 Å². The molecule has 1 N–H and O–H groups in total. The summed E-state index contributed by atoms with van der Waals surface area (Å²) in [6.07, 6.45) is 0. The summed E-state index contributed by atoms with van der Waals surface area (Å²) < 4.78 is 0. The van der Waals surface area contributed by atoms with Gasteiger partial charge in [-0.2, -0.15) is 0 Å². The Morgan fingerprint density at radius 2 is 1.62 bits per heavy atom. The Bertz CT molecular complexity index is 565. The zero-order valence-corrected chi connectivity index (χ0v) is 14.8. The fraction of sp³-hybridized carbons (Fsp3) is 0.500. The van der Waals surface area contributed by atoms with Crippen molar-refractivity contribution >= 4 is 41.8 Å². The number of fused-ring (bicyclic) bond motifs is 1. The molecule has 0 spiro atoms. The topological polar surface area (TPSA) is 37.8 Å². The van der Waals surface area contributed by atoms with Crippen LogP contribution in [-0.2, 0) is 0 Å². The molecule has 0 atom stereocenters. The number of hydrogen-bond donors (Lipinski definition) is 1. The molecule has 0 bridgehead atoms. The van der Waals surface area contributed by atoms with Crippen molar-refractivity contribution in [3.63, 3.8) is 0 Å². The lowest BCUT2D eigenvalue weighted by atomic mass is 9.94. The largest absolute Gasteiger partial charge is 0.363 e. The first-order valence-corrected chi connectivity index (χ1v) is 7.74. The summed E-state index contributed by atoms with van der Waals surface area (Å²) in [4.78, 5) is 8.71. The highest BCUT2D eigenvalue weighted by Crippen LogP contribution is 2.22. The van der Waals surface area contributed by atoms with Crippen LogP contribution < -0.4 is 10.8 Å². The second-order valence-corrected chi connectivity index (χ2v) is 5.31. The summed E-state index contributed by atoms with van der Waals surface area (Å²) in [5.41, 5.74) is 1.84. The van der Waals surface area contributed by atoms with E-state index in [0.29, 0.717) is 27.5 Å². The highest BCUT2D eigenvalue weighted by molar-refractivity contribution is 6.38. The number of anilines is 1. The molecule has 1 aromatic heterocycles. The van der Waals surface area contributed by atoms with Crippen molar-refractivity contribution in [3.05, 3.63) is 23.4 Å². The van der Waals surface area contributed by atoms with Gasteiger partial charge in [-0.25, -0.2) is 9.97 Å². The van der Waals surface area contributed by atoms with Crippen LogP contribution in [0.5, 0.6) is 0 Å². The van der Waals surface area contributed by atoms with E-state index >= 15 is 0 Å². The quantitative estimate of drug-likeness (QED) is 0.796. The molecule has 0 aliphatic heterocycles. The molecule has 0 aliphatic carbocycles. The fourth-order valence-corrected chi connectivity index (χ4v) is 1.69. The van der Waals surface area contributed by atoms with Crippen LogP contribution in [0.1, 0.15) is 48.5 Å². The lowest BCUT2D eigenvalue weighted by molar-refractivity contribution is 0.630. The summed E-state index contributed by atoms with van der Waals surface area (Å²) >= 11 is 6.08. The van der Waals surface area contributed by atoms with Gasteiger partial charge in [0.1, 0.15) is 7.85 Å². The van der Waals surface area contributed by atoms with Crippen LogP contribution in [0.25, 0.3) is 11.0 Å². The molecule has 0 unspecified atom stereocenters. The molecular formula is C16H25BClN3. The van der Waals surface area contributed by atoms with Gasteiger partial charge in [0.05, 0.1) is 11.0 Å². The summed E-state index contributed by atoms with van der Waals surface area (Å²) in [5, 5.41) is 3.57. The van der Waals surface area contributed by atoms with Gasteiger partial charge in [-0.3, -0.25) is 0 Å². The van der Waals surface area contributed by atoms with Gasteiger partial charge < -0.3 is 5.32 Å². The first-order chi connectivity index (χ1) is 9.87. The van der Waals surface area contributed by atoms with Crippen LogP contribution in [0.4, 0.5) is 5.82 Å². The molecule has 0 saturated carbocycles. The number of hydrogen-bond acceptors (Lipinski definition) is 3. The lowest BCUT2D eigenvalue weighted by Crippen LogP contribution is -2.27. The van der Waals surface area contributed by atoms with E-state index in [9.17, 15) is 0 Å². The molecular weight excluding hydrogens is 280 g/mol. The maximum atomic E-state index is 6.08. The molecule has 0 saturated heterocycles. The van der Waals surface area contributed by atoms with Gasteiger partial charge in [-0.05, 0) is 26.8 Å². The third-order valence-corrected chi connectivity index (χ3v) is 2.44. The smallest absolute Gasteiger partial charge is 0.172 e. The Balaban J connectivity index is 0.000000921. The molecule has 1 aromatic carbocycles. The van der Waals surface area contributed by atoms with Gasteiger partial charge in [0.25, 0.3) is 0 Å². The monoisotopic (exact) mass is 305 g/mol. The molecule has 0 fully saturated rings.